The molecular formula is C25H32N4O8. The Morgan fingerprint density at radius 3 is 1.92 bits per heavy atom. The average Bonchev–Trinajstić information content (AvgIpc) is 2.86. The molecule has 0 saturated carbocycles. The number of carboxylic acid groups (broad SMARTS) is 1. The van der Waals surface area contributed by atoms with Crippen LogP contribution in [0.4, 0.5) is 0 Å². The summed E-state index contributed by atoms with van der Waals surface area (Å²) in [6, 6.07) is 9.21. The number of phenols is 1. The highest BCUT2D eigenvalue weighted by Gasteiger charge is 2.32. The lowest BCUT2D eigenvalue weighted by atomic mass is 10.0. The molecule has 3 amide bonds. The van der Waals surface area contributed by atoms with Crippen LogP contribution in [0.5, 0.6) is 5.75 Å². The van der Waals surface area contributed by atoms with Crippen LogP contribution in [0.25, 0.3) is 0 Å². The minimum Gasteiger partial charge on any atom is -0.508 e. The van der Waals surface area contributed by atoms with Gasteiger partial charge in [0.05, 0.1) is 18.8 Å². The Morgan fingerprint density at radius 1 is 0.811 bits per heavy atom. The maximum absolute atomic E-state index is 13.0. The van der Waals surface area contributed by atoms with Crippen molar-refractivity contribution in [1.82, 2.24) is 16.0 Å². The summed E-state index contributed by atoms with van der Waals surface area (Å²) in [6.07, 6.45) is -1.30. The minimum atomic E-state index is -1.59. The maximum Gasteiger partial charge on any atom is 0.328 e. The number of hydrogen-bond acceptors (Lipinski definition) is 8. The van der Waals surface area contributed by atoms with Crippen molar-refractivity contribution in [1.29, 1.82) is 0 Å². The van der Waals surface area contributed by atoms with Gasteiger partial charge in [0.15, 0.2) is 0 Å². The number of nitrogens with two attached hydrogens (primary N) is 1. The second kappa shape index (κ2) is 13.9. The highest BCUT2D eigenvalue weighted by molar-refractivity contribution is 5.94. The number of benzene rings is 2. The minimum absolute atomic E-state index is 0.0307. The number of hydrogen-bond donors (Lipinski definition) is 8. The molecule has 2 aromatic carbocycles. The van der Waals surface area contributed by atoms with Crippen LogP contribution in [-0.2, 0) is 32.0 Å². The van der Waals surface area contributed by atoms with Crippen molar-refractivity contribution in [3.05, 3.63) is 65.7 Å². The fourth-order valence-electron chi connectivity index (χ4n) is 3.42. The van der Waals surface area contributed by atoms with Crippen LogP contribution in [0.3, 0.4) is 0 Å². The van der Waals surface area contributed by atoms with Crippen LogP contribution in [0.15, 0.2) is 54.6 Å². The number of nitrogens with one attached hydrogen (secondary N) is 3. The zero-order valence-corrected chi connectivity index (χ0v) is 20.2. The van der Waals surface area contributed by atoms with Crippen LogP contribution in [0.1, 0.15) is 18.1 Å². The number of aliphatic carboxylic acids is 1. The molecule has 5 atom stereocenters. The van der Waals surface area contributed by atoms with Gasteiger partial charge in [-0.3, -0.25) is 14.4 Å². The van der Waals surface area contributed by atoms with Gasteiger partial charge in [-0.1, -0.05) is 42.5 Å². The Labute approximate surface area is 213 Å². The molecule has 0 aliphatic heterocycles. The van der Waals surface area contributed by atoms with E-state index >= 15 is 0 Å². The van der Waals surface area contributed by atoms with Crippen LogP contribution < -0.4 is 21.7 Å². The van der Waals surface area contributed by atoms with E-state index in [-0.39, 0.29) is 18.6 Å². The van der Waals surface area contributed by atoms with E-state index in [1.54, 1.807) is 42.5 Å². The number of rotatable bonds is 13. The summed E-state index contributed by atoms with van der Waals surface area (Å²) < 4.78 is 0. The topological polar surface area (TPSA) is 211 Å². The summed E-state index contributed by atoms with van der Waals surface area (Å²) in [7, 11) is 0. The molecule has 0 fully saturated rings. The summed E-state index contributed by atoms with van der Waals surface area (Å²) in [5.41, 5.74) is 7.26. The Morgan fingerprint density at radius 2 is 1.38 bits per heavy atom. The predicted molar refractivity (Wildman–Crippen MR) is 132 cm³/mol. The summed E-state index contributed by atoms with van der Waals surface area (Å²) in [5, 5.41) is 44.9. The first-order chi connectivity index (χ1) is 17.5. The maximum atomic E-state index is 13.0. The third-order valence-corrected chi connectivity index (χ3v) is 5.50. The molecule has 200 valence electrons. The van der Waals surface area contributed by atoms with Gasteiger partial charge in [-0.15, -0.1) is 0 Å². The monoisotopic (exact) mass is 516 g/mol. The summed E-state index contributed by atoms with van der Waals surface area (Å²) in [4.78, 5) is 49.7. The van der Waals surface area contributed by atoms with Crippen molar-refractivity contribution >= 4 is 23.7 Å². The van der Waals surface area contributed by atoms with Crippen LogP contribution >= 0.6 is 0 Å². The van der Waals surface area contributed by atoms with Crippen LogP contribution in [-0.4, -0.2) is 81.0 Å². The first kappa shape index (κ1) is 29.2. The fourth-order valence-corrected chi connectivity index (χ4v) is 3.42. The lowest BCUT2D eigenvalue weighted by Gasteiger charge is -2.26. The molecule has 0 bridgehead atoms. The number of amides is 3. The van der Waals surface area contributed by atoms with Crippen molar-refractivity contribution < 1.29 is 39.6 Å². The van der Waals surface area contributed by atoms with E-state index in [9.17, 15) is 34.5 Å². The summed E-state index contributed by atoms with van der Waals surface area (Å²) in [6.45, 7) is 0.410. The van der Waals surface area contributed by atoms with Gasteiger partial charge in [-0.2, -0.15) is 0 Å². The molecule has 37 heavy (non-hydrogen) atoms. The predicted octanol–water partition coefficient (Wildman–Crippen LogP) is -1.58. The Hall–Kier alpha value is -4.00. The van der Waals surface area contributed by atoms with Crippen molar-refractivity contribution in [2.75, 3.05) is 6.61 Å². The van der Waals surface area contributed by atoms with E-state index in [2.05, 4.69) is 16.0 Å². The number of carbonyl (C=O) groups excluding carboxylic acids is 3. The molecule has 12 nitrogen and oxygen atoms in total. The van der Waals surface area contributed by atoms with Gasteiger partial charge in [-0.25, -0.2) is 4.79 Å². The van der Waals surface area contributed by atoms with E-state index in [1.807, 2.05) is 0 Å². The second-order valence-corrected chi connectivity index (χ2v) is 8.54. The SMILES string of the molecule is CC(O)C(NC(=O)C(N)Cc1ccc(O)cc1)C(=O)NC(Cc1ccccc1)C(=O)NC(CO)C(=O)O. The third-order valence-electron chi connectivity index (χ3n) is 5.50. The Kier molecular flexibility index (Phi) is 11.0. The second-order valence-electron chi connectivity index (χ2n) is 8.54. The molecule has 0 aliphatic rings. The quantitative estimate of drug-likeness (QED) is 0.154. The van der Waals surface area contributed by atoms with E-state index < -0.39 is 60.6 Å². The number of carboxylic acids is 1. The number of aromatic hydroxyl groups is 1. The fraction of sp³-hybridized carbons (Fsp3) is 0.360. The number of carbonyl (C=O) groups is 4. The van der Waals surface area contributed by atoms with E-state index in [0.717, 1.165) is 0 Å². The molecule has 0 radical (unpaired) electrons. The highest BCUT2D eigenvalue weighted by Crippen LogP contribution is 2.11. The normalized spacial score (nSPS) is 14.9. The van der Waals surface area contributed by atoms with Gasteiger partial charge < -0.3 is 42.1 Å². The van der Waals surface area contributed by atoms with Crippen molar-refractivity contribution in [3.63, 3.8) is 0 Å². The number of aliphatic hydroxyl groups is 2. The van der Waals surface area contributed by atoms with Gasteiger partial charge in [0.25, 0.3) is 0 Å². The smallest absolute Gasteiger partial charge is 0.328 e. The Balaban J connectivity index is 2.14. The highest BCUT2D eigenvalue weighted by atomic mass is 16.4. The molecule has 0 saturated heterocycles. The first-order valence-corrected chi connectivity index (χ1v) is 11.5. The molecule has 0 aliphatic carbocycles. The molecule has 5 unspecified atom stereocenters. The van der Waals surface area contributed by atoms with Crippen molar-refractivity contribution in [2.45, 2.75) is 50.0 Å². The van der Waals surface area contributed by atoms with Gasteiger partial charge in [0.1, 0.15) is 23.9 Å². The van der Waals surface area contributed by atoms with Crippen molar-refractivity contribution in [2.24, 2.45) is 5.73 Å². The first-order valence-electron chi connectivity index (χ1n) is 11.5. The largest absolute Gasteiger partial charge is 0.508 e. The lowest BCUT2D eigenvalue weighted by molar-refractivity contribution is -0.143. The van der Waals surface area contributed by atoms with E-state index in [0.29, 0.717) is 11.1 Å². The van der Waals surface area contributed by atoms with Crippen LogP contribution in [0.2, 0.25) is 0 Å². The Bertz CT molecular complexity index is 1060. The molecule has 0 heterocycles. The lowest BCUT2D eigenvalue weighted by Crippen LogP contribution is -2.60. The summed E-state index contributed by atoms with van der Waals surface area (Å²) >= 11 is 0. The van der Waals surface area contributed by atoms with Gasteiger partial charge >= 0.3 is 5.97 Å². The zero-order valence-electron chi connectivity index (χ0n) is 20.2. The van der Waals surface area contributed by atoms with Crippen molar-refractivity contribution in [3.8, 4) is 5.75 Å². The molecule has 9 N–H and O–H groups in total. The molecular weight excluding hydrogens is 484 g/mol. The average molecular weight is 517 g/mol. The third kappa shape index (κ3) is 9.18. The van der Waals surface area contributed by atoms with Gasteiger partial charge in [0.2, 0.25) is 17.7 Å². The van der Waals surface area contributed by atoms with Gasteiger partial charge in [-0.05, 0) is 36.6 Å². The molecule has 12 heteroatoms. The number of aliphatic hydroxyl groups excluding tert-OH is 2. The van der Waals surface area contributed by atoms with Crippen LogP contribution in [0, 0.1) is 0 Å². The molecule has 2 aromatic rings. The van der Waals surface area contributed by atoms with Gasteiger partial charge in [0, 0.05) is 6.42 Å². The number of phenolic OH excluding ortho intramolecular Hbond substituents is 1. The zero-order chi connectivity index (χ0) is 27.5. The molecule has 0 spiro atoms. The standard InChI is InChI=1S/C25H32N4O8/c1-14(31)21(29-22(33)18(26)11-16-7-9-17(32)10-8-16)24(35)27-19(12-15-5-3-2-4-6-15)23(34)28-20(13-30)25(36)37/h2-10,14,18-21,30-32H,11-13,26H2,1H3,(H,27,35)(H,28,34)(H,29,33)(H,36,37). The summed E-state index contributed by atoms with van der Waals surface area (Å²) in [5.74, 6) is -3.91. The van der Waals surface area contributed by atoms with E-state index in [1.165, 1.54) is 19.1 Å². The molecule has 2 rings (SSSR count). The molecule has 0 aromatic heterocycles. The van der Waals surface area contributed by atoms with E-state index in [4.69, 9.17) is 10.8 Å².